The number of rotatable bonds is 7. The Morgan fingerprint density at radius 3 is 2.12 bits per heavy atom. The zero-order valence-electron chi connectivity index (χ0n) is 18.9. The topological polar surface area (TPSA) is 90.7 Å². The second-order valence-electron chi connectivity index (χ2n) is 7.55. The third-order valence-electron chi connectivity index (χ3n) is 5.44. The maximum Gasteiger partial charge on any atom is 0.272 e. The number of hydrogen-bond donors (Lipinski definition) is 0. The van der Waals surface area contributed by atoms with Gasteiger partial charge in [0.15, 0.2) is 0 Å². The fourth-order valence-electron chi connectivity index (χ4n) is 3.80. The normalized spacial score (nSPS) is 11.7. The first-order valence-electron chi connectivity index (χ1n) is 10.2. The molecule has 0 spiro atoms. The summed E-state index contributed by atoms with van der Waals surface area (Å²) in [5, 5.41) is 4.85. The lowest BCUT2D eigenvalue weighted by molar-refractivity contribution is 0.107. The van der Waals surface area contributed by atoms with E-state index in [0.717, 1.165) is 4.31 Å². The molecule has 0 fully saturated rings. The molecular weight excluding hydrogens is 478 g/mol. The van der Waals surface area contributed by atoms with E-state index in [0.29, 0.717) is 39.2 Å². The Morgan fingerprint density at radius 1 is 0.941 bits per heavy atom. The van der Waals surface area contributed by atoms with Gasteiger partial charge in [-0.15, -0.1) is 0 Å². The van der Waals surface area contributed by atoms with Crippen LogP contribution in [0.4, 0.5) is 0 Å². The van der Waals surface area contributed by atoms with E-state index >= 15 is 0 Å². The highest BCUT2D eigenvalue weighted by Gasteiger charge is 2.25. The second-order valence-corrected chi connectivity index (χ2v) is 10.0. The van der Waals surface area contributed by atoms with Crippen molar-refractivity contribution in [1.29, 1.82) is 0 Å². The molecule has 10 heteroatoms. The molecule has 0 unspecified atom stereocenters. The van der Waals surface area contributed by atoms with Crippen LogP contribution in [0.2, 0.25) is 0 Å². The molecule has 1 aromatic heterocycles. The lowest BCUT2D eigenvalue weighted by atomic mass is 10.1. The van der Waals surface area contributed by atoms with E-state index in [9.17, 15) is 13.2 Å². The number of hydrogen-bond acceptors (Lipinski definition) is 6. The third kappa shape index (κ3) is 3.91. The summed E-state index contributed by atoms with van der Waals surface area (Å²) in [5.74, 6) is 1.01. The van der Waals surface area contributed by atoms with Gasteiger partial charge in [-0.25, -0.2) is 17.4 Å². The van der Waals surface area contributed by atoms with Gasteiger partial charge in [-0.3, -0.25) is 4.79 Å². The largest absolute Gasteiger partial charge is 0.496 e. The summed E-state index contributed by atoms with van der Waals surface area (Å²) in [6, 6.07) is 17.1. The van der Waals surface area contributed by atoms with E-state index in [-0.39, 0.29) is 10.6 Å². The number of methoxy groups -OCH3 is 2. The van der Waals surface area contributed by atoms with Crippen molar-refractivity contribution < 1.29 is 22.7 Å². The van der Waals surface area contributed by atoms with Crippen LogP contribution < -0.4 is 9.47 Å². The minimum Gasteiger partial charge on any atom is -0.496 e. The molecule has 0 aliphatic rings. The Bertz CT molecular complexity index is 1490. The van der Waals surface area contributed by atoms with E-state index in [1.165, 1.54) is 34.4 Å². The summed E-state index contributed by atoms with van der Waals surface area (Å²) in [7, 11) is 2.32. The lowest BCUT2D eigenvalue weighted by Gasteiger charge is -2.18. The summed E-state index contributed by atoms with van der Waals surface area (Å²) >= 11 is 5.79. The van der Waals surface area contributed by atoms with Crippen molar-refractivity contribution in [3.8, 4) is 28.4 Å². The van der Waals surface area contributed by atoms with Gasteiger partial charge in [-0.1, -0.05) is 30.3 Å². The summed E-state index contributed by atoms with van der Waals surface area (Å²) in [5.41, 5.74) is 1.64. The molecule has 0 radical (unpaired) electrons. The lowest BCUT2D eigenvalue weighted by Crippen LogP contribution is -2.22. The smallest absolute Gasteiger partial charge is 0.272 e. The van der Waals surface area contributed by atoms with Crippen LogP contribution in [0.5, 0.6) is 11.5 Å². The van der Waals surface area contributed by atoms with Gasteiger partial charge < -0.3 is 9.47 Å². The van der Waals surface area contributed by atoms with Crippen LogP contribution in [-0.2, 0) is 10.0 Å². The minimum absolute atomic E-state index is 0.0266. The molecule has 0 saturated carbocycles. The molecular formula is C24H22ClN3O5S. The summed E-state index contributed by atoms with van der Waals surface area (Å²) in [6.07, 6.45) is 0. The Labute approximate surface area is 202 Å². The predicted molar refractivity (Wildman–Crippen MR) is 131 cm³/mol. The predicted octanol–water partition coefficient (Wildman–Crippen LogP) is 4.34. The first kappa shape index (κ1) is 23.7. The van der Waals surface area contributed by atoms with Crippen LogP contribution in [-0.4, -0.2) is 56.1 Å². The number of ether oxygens (including phenoxy) is 2. The van der Waals surface area contributed by atoms with Crippen molar-refractivity contribution in [2.75, 3.05) is 28.3 Å². The zero-order valence-corrected chi connectivity index (χ0v) is 20.5. The molecule has 0 saturated heterocycles. The van der Waals surface area contributed by atoms with Crippen LogP contribution in [0.3, 0.4) is 0 Å². The molecule has 0 atom stereocenters. The maximum atomic E-state index is 13.0. The Kier molecular flexibility index (Phi) is 6.35. The number of nitrogens with zero attached hydrogens (tertiary/aromatic N) is 3. The molecule has 4 rings (SSSR count). The number of carbonyl (C=O) groups excluding carboxylic acids is 1. The average molecular weight is 500 g/mol. The number of fused-ring (bicyclic) bond motifs is 1. The number of aromatic nitrogens is 2. The van der Waals surface area contributed by atoms with Gasteiger partial charge in [0.25, 0.3) is 5.24 Å². The van der Waals surface area contributed by atoms with Crippen molar-refractivity contribution in [2.24, 2.45) is 0 Å². The number of sulfonamides is 1. The van der Waals surface area contributed by atoms with Gasteiger partial charge >= 0.3 is 0 Å². The van der Waals surface area contributed by atoms with Crippen LogP contribution in [0.1, 0.15) is 10.5 Å². The second kappa shape index (κ2) is 9.09. The van der Waals surface area contributed by atoms with Crippen molar-refractivity contribution in [2.45, 2.75) is 4.90 Å². The molecule has 0 aliphatic carbocycles. The molecule has 0 amide bonds. The first-order valence-corrected chi connectivity index (χ1v) is 12.0. The fourth-order valence-corrected chi connectivity index (χ4v) is 4.99. The molecule has 0 N–H and O–H groups in total. The highest BCUT2D eigenvalue weighted by Crippen LogP contribution is 2.41. The van der Waals surface area contributed by atoms with Gasteiger partial charge in [0.2, 0.25) is 10.0 Å². The van der Waals surface area contributed by atoms with Crippen LogP contribution >= 0.6 is 11.6 Å². The zero-order chi connectivity index (χ0) is 24.6. The van der Waals surface area contributed by atoms with Crippen LogP contribution in [0.25, 0.3) is 27.7 Å². The molecule has 176 valence electrons. The molecule has 8 nitrogen and oxygen atoms in total. The monoisotopic (exact) mass is 499 g/mol. The van der Waals surface area contributed by atoms with E-state index in [4.69, 9.17) is 21.1 Å². The third-order valence-corrected chi connectivity index (χ3v) is 7.51. The van der Waals surface area contributed by atoms with Crippen molar-refractivity contribution in [1.82, 2.24) is 14.1 Å². The van der Waals surface area contributed by atoms with Crippen molar-refractivity contribution in [3.05, 3.63) is 66.4 Å². The standard InChI is InChI=1S/C24H22ClN3O5S/c1-27(2)34(30,31)22-13-12-18(15-8-5-6-9-16(15)22)28-19(14-17(26-28)24(25)29)23-20(32-3)10-7-11-21(23)33-4/h5-14H,1-4H3. The average Bonchev–Trinajstić information content (AvgIpc) is 3.27. The Morgan fingerprint density at radius 2 is 1.56 bits per heavy atom. The highest BCUT2D eigenvalue weighted by molar-refractivity contribution is 7.89. The van der Waals surface area contributed by atoms with Crippen LogP contribution in [0.15, 0.2) is 65.6 Å². The molecule has 34 heavy (non-hydrogen) atoms. The van der Waals surface area contributed by atoms with Gasteiger partial charge in [0.1, 0.15) is 17.2 Å². The Hall–Kier alpha value is -3.40. The Balaban J connectivity index is 2.09. The molecule has 0 bridgehead atoms. The highest BCUT2D eigenvalue weighted by atomic mass is 35.5. The van der Waals surface area contributed by atoms with Gasteiger partial charge in [-0.05, 0) is 41.9 Å². The van der Waals surface area contributed by atoms with Crippen LogP contribution in [0, 0.1) is 0 Å². The quantitative estimate of drug-likeness (QED) is 0.351. The van der Waals surface area contributed by atoms with E-state index in [1.807, 2.05) is 0 Å². The molecule has 0 aliphatic heterocycles. The molecule has 1 heterocycles. The number of benzene rings is 3. The molecule has 4 aromatic rings. The van der Waals surface area contributed by atoms with Gasteiger partial charge in [-0.2, -0.15) is 5.10 Å². The van der Waals surface area contributed by atoms with E-state index in [2.05, 4.69) is 5.10 Å². The summed E-state index contributed by atoms with van der Waals surface area (Å²) < 4.78 is 39.7. The minimum atomic E-state index is -3.71. The SMILES string of the molecule is COc1cccc(OC)c1-c1cc(C(=O)Cl)nn1-c1ccc(S(=O)(=O)N(C)C)c2ccccc12. The summed E-state index contributed by atoms with van der Waals surface area (Å²) in [6.45, 7) is 0. The van der Waals surface area contributed by atoms with Crippen molar-refractivity contribution in [3.63, 3.8) is 0 Å². The first-order chi connectivity index (χ1) is 16.2. The van der Waals surface area contributed by atoms with Crippen molar-refractivity contribution >= 4 is 37.6 Å². The maximum absolute atomic E-state index is 13.0. The van der Waals surface area contributed by atoms with Gasteiger partial charge in [0.05, 0.1) is 36.1 Å². The summed E-state index contributed by atoms with van der Waals surface area (Å²) in [4.78, 5) is 12.2. The number of halogens is 1. The number of carbonyl (C=O) groups is 1. The fraction of sp³-hybridized carbons (Fsp3) is 0.167. The van der Waals surface area contributed by atoms with Gasteiger partial charge in [0, 0.05) is 24.9 Å². The van der Waals surface area contributed by atoms with E-state index in [1.54, 1.807) is 59.3 Å². The molecule has 3 aromatic carbocycles. The van der Waals surface area contributed by atoms with E-state index < -0.39 is 15.3 Å².